The van der Waals surface area contributed by atoms with Crippen LogP contribution < -0.4 is 0 Å². The Labute approximate surface area is 131 Å². The number of phosphoric acid groups is 1. The third kappa shape index (κ3) is 6.27. The zero-order valence-corrected chi connectivity index (χ0v) is 14.0. The van der Waals surface area contributed by atoms with Crippen molar-refractivity contribution < 1.29 is 22.9 Å². The molecule has 0 aliphatic carbocycles. The molecule has 1 unspecified atom stereocenters. The molecule has 1 atom stereocenters. The molecule has 0 saturated heterocycles. The molecule has 0 spiro atoms. The summed E-state index contributed by atoms with van der Waals surface area (Å²) < 4.78 is 33.2. The molecule has 0 fully saturated rings. The van der Waals surface area contributed by atoms with Crippen LogP contribution >= 0.6 is 7.82 Å². The van der Waals surface area contributed by atoms with Crippen LogP contribution in [-0.2, 0) is 29.5 Å². The highest BCUT2D eigenvalue weighted by Crippen LogP contribution is 2.52. The highest BCUT2D eigenvalue weighted by Gasteiger charge is 2.38. The molecular formula is C15H22NO5P. The van der Waals surface area contributed by atoms with E-state index in [9.17, 15) is 9.83 Å². The summed E-state index contributed by atoms with van der Waals surface area (Å²) in [4.78, 5) is 0. The van der Waals surface area contributed by atoms with Gasteiger partial charge in [0.2, 0.25) is 0 Å². The zero-order chi connectivity index (χ0) is 16.5. The van der Waals surface area contributed by atoms with E-state index in [4.69, 9.17) is 18.3 Å². The fraction of sp³-hybridized carbons (Fsp3) is 0.533. The van der Waals surface area contributed by atoms with Crippen LogP contribution in [0.3, 0.4) is 0 Å². The smallest absolute Gasteiger partial charge is 0.373 e. The average molecular weight is 327 g/mol. The van der Waals surface area contributed by atoms with Gasteiger partial charge in [-0.2, -0.15) is 5.26 Å². The van der Waals surface area contributed by atoms with Crippen molar-refractivity contribution in [2.24, 2.45) is 0 Å². The van der Waals surface area contributed by atoms with Crippen LogP contribution in [0.5, 0.6) is 0 Å². The Morgan fingerprint density at radius 2 is 1.77 bits per heavy atom. The molecule has 1 aromatic carbocycles. The van der Waals surface area contributed by atoms with Crippen molar-refractivity contribution in [2.45, 2.75) is 33.0 Å². The van der Waals surface area contributed by atoms with Crippen LogP contribution in [0.15, 0.2) is 30.3 Å². The van der Waals surface area contributed by atoms with Gasteiger partial charge in [-0.25, -0.2) is 4.57 Å². The first-order chi connectivity index (χ1) is 10.5. The molecule has 0 radical (unpaired) electrons. The Morgan fingerprint density at radius 3 is 2.27 bits per heavy atom. The topological polar surface area (TPSA) is 77.8 Å². The molecule has 1 rings (SSSR count). The van der Waals surface area contributed by atoms with E-state index in [-0.39, 0.29) is 19.8 Å². The monoisotopic (exact) mass is 327 g/mol. The highest BCUT2D eigenvalue weighted by molar-refractivity contribution is 7.48. The second-order valence-corrected chi connectivity index (χ2v) is 6.29. The molecule has 0 N–H and O–H groups in total. The summed E-state index contributed by atoms with van der Waals surface area (Å²) >= 11 is 0. The van der Waals surface area contributed by atoms with Crippen LogP contribution in [0, 0.1) is 11.3 Å². The Morgan fingerprint density at radius 1 is 1.18 bits per heavy atom. The number of nitrogens with zero attached hydrogens (tertiary/aromatic N) is 1. The molecule has 0 amide bonds. The average Bonchev–Trinajstić information content (AvgIpc) is 2.48. The Hall–Kier alpha value is -1.22. The molecule has 0 aliphatic heterocycles. The minimum atomic E-state index is -3.77. The standard InChI is InChI=1S/C15H22NO5P/c1-4-19-22(17,20-5-2)21-15(3,12-16)13-18-11-14-9-7-6-8-10-14/h6-10H,4-5,11,13H2,1-3H3. The van der Waals surface area contributed by atoms with Crippen LogP contribution in [0.4, 0.5) is 0 Å². The van der Waals surface area contributed by atoms with Gasteiger partial charge >= 0.3 is 7.82 Å². The number of ether oxygens (including phenoxy) is 1. The fourth-order valence-electron chi connectivity index (χ4n) is 1.67. The van der Waals surface area contributed by atoms with Gasteiger partial charge in [0.05, 0.1) is 26.4 Å². The lowest BCUT2D eigenvalue weighted by atomic mass is 10.1. The van der Waals surface area contributed by atoms with Crippen molar-refractivity contribution in [1.29, 1.82) is 5.26 Å². The second-order valence-electron chi connectivity index (χ2n) is 4.70. The lowest BCUT2D eigenvalue weighted by molar-refractivity contribution is -0.0147. The van der Waals surface area contributed by atoms with Crippen LogP contribution in [-0.4, -0.2) is 25.4 Å². The molecule has 122 valence electrons. The predicted molar refractivity (Wildman–Crippen MR) is 82.1 cm³/mol. The maximum atomic E-state index is 12.3. The quantitative estimate of drug-likeness (QED) is 0.610. The first-order valence-corrected chi connectivity index (χ1v) is 8.56. The van der Waals surface area contributed by atoms with Gasteiger partial charge in [0.1, 0.15) is 6.07 Å². The van der Waals surface area contributed by atoms with Crippen molar-refractivity contribution in [3.05, 3.63) is 35.9 Å². The summed E-state index contributed by atoms with van der Waals surface area (Å²) in [5.41, 5.74) is -0.449. The molecule has 0 heterocycles. The number of hydrogen-bond donors (Lipinski definition) is 0. The maximum Gasteiger partial charge on any atom is 0.476 e. The minimum Gasteiger partial charge on any atom is -0.373 e. The van der Waals surface area contributed by atoms with Gasteiger partial charge in [0.15, 0.2) is 5.60 Å². The van der Waals surface area contributed by atoms with Crippen LogP contribution in [0.25, 0.3) is 0 Å². The van der Waals surface area contributed by atoms with E-state index in [1.165, 1.54) is 6.92 Å². The number of rotatable bonds is 10. The Kier molecular flexibility index (Phi) is 7.74. The molecule has 6 nitrogen and oxygen atoms in total. The number of benzene rings is 1. The van der Waals surface area contributed by atoms with E-state index >= 15 is 0 Å². The Bertz CT molecular complexity index is 520. The number of phosphoric ester groups is 1. The van der Waals surface area contributed by atoms with Gasteiger partial charge < -0.3 is 4.74 Å². The fourth-order valence-corrected chi connectivity index (χ4v) is 3.07. The van der Waals surface area contributed by atoms with Crippen molar-refractivity contribution >= 4 is 7.82 Å². The van der Waals surface area contributed by atoms with Gasteiger partial charge in [-0.05, 0) is 26.3 Å². The molecule has 0 bridgehead atoms. The van der Waals surface area contributed by atoms with E-state index < -0.39 is 13.4 Å². The third-order valence-electron chi connectivity index (χ3n) is 2.61. The van der Waals surface area contributed by atoms with Crippen LogP contribution in [0.1, 0.15) is 26.3 Å². The normalized spacial score (nSPS) is 14.3. The SMILES string of the molecule is CCOP(=O)(OCC)OC(C)(C#N)COCc1ccccc1. The largest absolute Gasteiger partial charge is 0.476 e. The number of hydrogen-bond acceptors (Lipinski definition) is 6. The van der Waals surface area contributed by atoms with E-state index in [0.29, 0.717) is 6.61 Å². The van der Waals surface area contributed by atoms with Gasteiger partial charge in [-0.15, -0.1) is 0 Å². The minimum absolute atomic E-state index is 0.0530. The molecule has 1 aromatic rings. The van der Waals surface area contributed by atoms with E-state index in [1.54, 1.807) is 13.8 Å². The van der Waals surface area contributed by atoms with Crippen molar-refractivity contribution in [1.82, 2.24) is 0 Å². The summed E-state index contributed by atoms with van der Waals surface area (Å²) in [5.74, 6) is 0. The lowest BCUT2D eigenvalue weighted by Crippen LogP contribution is -2.32. The molecular weight excluding hydrogens is 305 g/mol. The van der Waals surface area contributed by atoms with Gasteiger partial charge in [-0.3, -0.25) is 13.6 Å². The van der Waals surface area contributed by atoms with Crippen molar-refractivity contribution in [3.8, 4) is 6.07 Å². The van der Waals surface area contributed by atoms with Crippen LogP contribution in [0.2, 0.25) is 0 Å². The number of nitriles is 1. The maximum absolute atomic E-state index is 12.3. The van der Waals surface area contributed by atoms with Gasteiger partial charge in [0, 0.05) is 0 Å². The molecule has 0 aliphatic rings. The van der Waals surface area contributed by atoms with E-state index in [1.807, 2.05) is 36.4 Å². The van der Waals surface area contributed by atoms with Gasteiger partial charge in [-0.1, -0.05) is 30.3 Å². The zero-order valence-electron chi connectivity index (χ0n) is 13.2. The highest BCUT2D eigenvalue weighted by atomic mass is 31.2. The van der Waals surface area contributed by atoms with E-state index in [0.717, 1.165) is 5.56 Å². The predicted octanol–water partition coefficient (Wildman–Crippen LogP) is 3.68. The third-order valence-corrected chi connectivity index (χ3v) is 4.39. The van der Waals surface area contributed by atoms with E-state index in [2.05, 4.69) is 0 Å². The van der Waals surface area contributed by atoms with Crippen molar-refractivity contribution in [2.75, 3.05) is 19.8 Å². The Balaban J connectivity index is 2.63. The summed E-state index contributed by atoms with van der Waals surface area (Å²) in [5, 5.41) is 9.30. The summed E-state index contributed by atoms with van der Waals surface area (Å²) in [6.07, 6.45) is 0. The lowest BCUT2D eigenvalue weighted by Gasteiger charge is -2.26. The summed E-state index contributed by atoms with van der Waals surface area (Å²) in [7, 11) is -3.77. The molecule has 22 heavy (non-hydrogen) atoms. The van der Waals surface area contributed by atoms with Gasteiger partial charge in [0.25, 0.3) is 0 Å². The first-order valence-electron chi connectivity index (χ1n) is 7.09. The summed E-state index contributed by atoms with van der Waals surface area (Å²) in [6, 6.07) is 11.5. The van der Waals surface area contributed by atoms with Crippen molar-refractivity contribution in [3.63, 3.8) is 0 Å². The molecule has 7 heteroatoms. The summed E-state index contributed by atoms with van der Waals surface area (Å²) in [6.45, 7) is 5.42. The first kappa shape index (κ1) is 18.8. The molecule has 0 saturated carbocycles. The molecule has 0 aromatic heterocycles. The second kappa shape index (κ2) is 9.04.